The van der Waals surface area contributed by atoms with Crippen molar-refractivity contribution in [3.05, 3.63) is 0 Å². The molecule has 0 spiro atoms. The second-order valence-corrected chi connectivity index (χ2v) is 5.30. The topological polar surface area (TPSA) is 119 Å². The Kier molecular flexibility index (Phi) is 6.35. The molecule has 0 aromatic heterocycles. The van der Waals surface area contributed by atoms with Gasteiger partial charge < -0.3 is 30.5 Å². The molecule has 5 atom stereocenters. The number of carbonyl (C=O) groups is 1. The summed E-state index contributed by atoms with van der Waals surface area (Å²) in [6, 6.07) is -1.13. The van der Waals surface area contributed by atoms with Crippen molar-refractivity contribution in [2.75, 3.05) is 6.61 Å². The largest absolute Gasteiger partial charge is 0.394 e. The number of nitrogens with one attached hydrogen (secondary N) is 1. The van der Waals surface area contributed by atoms with E-state index in [0.717, 1.165) is 12.8 Å². The van der Waals surface area contributed by atoms with E-state index in [1.165, 1.54) is 6.92 Å². The monoisotopic (exact) mass is 291 g/mol. The Morgan fingerprint density at radius 1 is 1.30 bits per heavy atom. The highest BCUT2D eigenvalue weighted by Gasteiger charge is 2.52. The molecule has 0 radical (unpaired) electrons. The number of carbonyl (C=O) groups excluding carboxylic acids is 1. The van der Waals surface area contributed by atoms with Crippen LogP contribution in [-0.4, -0.2) is 63.1 Å². The standard InChI is InChI=1S/C13H25NO6/c1-3-4-5-6-13(19)12(14-8(2)16)11(18)10(17)9(7-15)20-13/h9-12,15,17-19H,3-7H2,1-2H3,(H,14,16)/t9-,10+,11+,12-,13?/m1/s1. The fourth-order valence-corrected chi connectivity index (χ4v) is 2.49. The highest BCUT2D eigenvalue weighted by Crippen LogP contribution is 2.32. The Morgan fingerprint density at radius 2 is 1.95 bits per heavy atom. The number of unbranched alkanes of at least 4 members (excludes halogenated alkanes) is 2. The first-order valence-electron chi connectivity index (χ1n) is 7.00. The van der Waals surface area contributed by atoms with Crippen LogP contribution in [0.4, 0.5) is 0 Å². The average Bonchev–Trinajstić information content (AvgIpc) is 2.39. The molecule has 7 nitrogen and oxygen atoms in total. The maximum absolute atomic E-state index is 11.2. The van der Waals surface area contributed by atoms with Crippen LogP contribution < -0.4 is 5.32 Å². The third kappa shape index (κ3) is 3.89. The summed E-state index contributed by atoms with van der Waals surface area (Å²) in [6.07, 6.45) is -1.21. The third-order valence-corrected chi connectivity index (χ3v) is 3.59. The highest BCUT2D eigenvalue weighted by molar-refractivity contribution is 5.73. The number of amides is 1. The van der Waals surface area contributed by atoms with Gasteiger partial charge in [0.05, 0.1) is 6.61 Å². The Bertz CT molecular complexity index is 326. The van der Waals surface area contributed by atoms with Crippen molar-refractivity contribution in [1.82, 2.24) is 5.32 Å². The van der Waals surface area contributed by atoms with Gasteiger partial charge in [0.1, 0.15) is 24.4 Å². The molecule has 1 unspecified atom stereocenters. The number of aliphatic hydroxyl groups is 4. The molecule has 1 aliphatic heterocycles. The first-order valence-corrected chi connectivity index (χ1v) is 7.00. The SMILES string of the molecule is CCCCCC1(O)O[C@H](CO)[C@H](O)[C@H](O)[C@H]1NC(C)=O. The number of hydrogen-bond donors (Lipinski definition) is 5. The maximum Gasteiger partial charge on any atom is 0.217 e. The summed E-state index contributed by atoms with van der Waals surface area (Å²) in [4.78, 5) is 11.2. The van der Waals surface area contributed by atoms with Crippen molar-refractivity contribution in [3.63, 3.8) is 0 Å². The lowest BCUT2D eigenvalue weighted by atomic mass is 9.87. The van der Waals surface area contributed by atoms with Crippen molar-refractivity contribution in [1.29, 1.82) is 0 Å². The minimum atomic E-state index is -1.80. The molecule has 1 fully saturated rings. The summed E-state index contributed by atoms with van der Waals surface area (Å²) in [5, 5.41) is 42.0. The van der Waals surface area contributed by atoms with Crippen LogP contribution in [0.2, 0.25) is 0 Å². The van der Waals surface area contributed by atoms with E-state index in [1.54, 1.807) is 0 Å². The molecule has 7 heteroatoms. The predicted octanol–water partition coefficient (Wildman–Crippen LogP) is -1.13. The minimum Gasteiger partial charge on any atom is -0.394 e. The lowest BCUT2D eigenvalue weighted by molar-refractivity contribution is -0.321. The van der Waals surface area contributed by atoms with Crippen molar-refractivity contribution in [3.8, 4) is 0 Å². The zero-order valence-electron chi connectivity index (χ0n) is 12.0. The second-order valence-electron chi connectivity index (χ2n) is 5.30. The van der Waals surface area contributed by atoms with Crippen molar-refractivity contribution in [2.45, 2.75) is 69.7 Å². The summed E-state index contributed by atoms with van der Waals surface area (Å²) < 4.78 is 5.35. The Morgan fingerprint density at radius 3 is 2.45 bits per heavy atom. The Balaban J connectivity index is 2.90. The van der Waals surface area contributed by atoms with E-state index in [-0.39, 0.29) is 6.42 Å². The van der Waals surface area contributed by atoms with Gasteiger partial charge in [0, 0.05) is 13.3 Å². The van der Waals surface area contributed by atoms with Crippen LogP contribution in [0.3, 0.4) is 0 Å². The molecule has 118 valence electrons. The molecule has 5 N–H and O–H groups in total. The smallest absolute Gasteiger partial charge is 0.217 e. The molecular formula is C13H25NO6. The van der Waals surface area contributed by atoms with Crippen LogP contribution in [0.5, 0.6) is 0 Å². The van der Waals surface area contributed by atoms with Gasteiger partial charge in [-0.2, -0.15) is 0 Å². The molecule has 1 amide bonds. The van der Waals surface area contributed by atoms with E-state index in [0.29, 0.717) is 6.42 Å². The van der Waals surface area contributed by atoms with E-state index >= 15 is 0 Å². The van der Waals surface area contributed by atoms with E-state index in [1.807, 2.05) is 6.92 Å². The van der Waals surface area contributed by atoms with Crippen molar-refractivity contribution in [2.24, 2.45) is 0 Å². The second kappa shape index (κ2) is 7.33. The molecule has 0 saturated carbocycles. The Labute approximate surface area is 118 Å². The molecule has 1 heterocycles. The summed E-state index contributed by atoms with van der Waals surface area (Å²) >= 11 is 0. The van der Waals surface area contributed by atoms with Gasteiger partial charge in [-0.25, -0.2) is 0 Å². The highest BCUT2D eigenvalue weighted by atomic mass is 16.6. The van der Waals surface area contributed by atoms with Gasteiger partial charge in [-0.1, -0.05) is 19.8 Å². The van der Waals surface area contributed by atoms with Gasteiger partial charge in [0.2, 0.25) is 5.91 Å². The predicted molar refractivity (Wildman–Crippen MR) is 70.7 cm³/mol. The van der Waals surface area contributed by atoms with Crippen molar-refractivity contribution < 1.29 is 30.0 Å². The molecular weight excluding hydrogens is 266 g/mol. The molecule has 1 aliphatic rings. The zero-order valence-corrected chi connectivity index (χ0v) is 12.0. The molecule has 1 rings (SSSR count). The van der Waals surface area contributed by atoms with Crippen LogP contribution >= 0.6 is 0 Å². The number of hydrogen-bond acceptors (Lipinski definition) is 6. The first-order chi connectivity index (χ1) is 9.35. The lowest BCUT2D eigenvalue weighted by Crippen LogP contribution is -2.70. The van der Waals surface area contributed by atoms with Crippen LogP contribution in [0, 0.1) is 0 Å². The summed E-state index contributed by atoms with van der Waals surface area (Å²) in [6.45, 7) is 2.73. The molecule has 0 aromatic carbocycles. The summed E-state index contributed by atoms with van der Waals surface area (Å²) in [5.41, 5.74) is 0. The fourth-order valence-electron chi connectivity index (χ4n) is 2.49. The van der Waals surface area contributed by atoms with Gasteiger partial charge >= 0.3 is 0 Å². The van der Waals surface area contributed by atoms with Gasteiger partial charge in [0.25, 0.3) is 0 Å². The van der Waals surface area contributed by atoms with Crippen LogP contribution in [0.15, 0.2) is 0 Å². The third-order valence-electron chi connectivity index (χ3n) is 3.59. The number of rotatable bonds is 6. The molecule has 20 heavy (non-hydrogen) atoms. The molecule has 0 aliphatic carbocycles. The average molecular weight is 291 g/mol. The van der Waals surface area contributed by atoms with Gasteiger partial charge in [-0.15, -0.1) is 0 Å². The molecule has 1 saturated heterocycles. The number of ether oxygens (including phenoxy) is 1. The van der Waals surface area contributed by atoms with E-state index < -0.39 is 42.7 Å². The maximum atomic E-state index is 11.2. The van der Waals surface area contributed by atoms with Crippen LogP contribution in [0.1, 0.15) is 39.5 Å². The van der Waals surface area contributed by atoms with Gasteiger partial charge in [-0.05, 0) is 6.42 Å². The lowest BCUT2D eigenvalue weighted by Gasteiger charge is -2.47. The normalized spacial score (nSPS) is 37.7. The fraction of sp³-hybridized carbons (Fsp3) is 0.923. The summed E-state index contributed by atoms with van der Waals surface area (Å²) in [5.74, 6) is -2.24. The quantitative estimate of drug-likeness (QED) is 0.395. The zero-order chi connectivity index (χ0) is 15.3. The van der Waals surface area contributed by atoms with Crippen LogP contribution in [-0.2, 0) is 9.53 Å². The molecule has 0 aromatic rings. The minimum absolute atomic E-state index is 0.200. The first kappa shape index (κ1) is 17.3. The van der Waals surface area contributed by atoms with Gasteiger partial charge in [-0.3, -0.25) is 4.79 Å². The van der Waals surface area contributed by atoms with Crippen molar-refractivity contribution >= 4 is 5.91 Å². The number of aliphatic hydroxyl groups excluding tert-OH is 3. The van der Waals surface area contributed by atoms with Gasteiger partial charge in [0.15, 0.2) is 5.79 Å². The Hall–Kier alpha value is -0.730. The van der Waals surface area contributed by atoms with Crippen LogP contribution in [0.25, 0.3) is 0 Å². The van der Waals surface area contributed by atoms with E-state index in [9.17, 15) is 20.1 Å². The van der Waals surface area contributed by atoms with E-state index in [2.05, 4.69) is 5.32 Å². The van der Waals surface area contributed by atoms with E-state index in [4.69, 9.17) is 9.84 Å². The molecule has 0 bridgehead atoms. The summed E-state index contributed by atoms with van der Waals surface area (Å²) in [7, 11) is 0.